The fourth-order valence-electron chi connectivity index (χ4n) is 1.30. The van der Waals surface area contributed by atoms with Crippen LogP contribution in [0.1, 0.15) is 6.92 Å². The van der Waals surface area contributed by atoms with Crippen LogP contribution in [-0.2, 0) is 28.6 Å². The van der Waals surface area contributed by atoms with Crippen molar-refractivity contribution in [2.24, 2.45) is 0 Å². The molecule has 1 rings (SSSR count). The Bertz CT molecular complexity index is 664. The Morgan fingerprint density at radius 2 is 1.76 bits per heavy atom. The lowest BCUT2D eigenvalue weighted by atomic mass is 10.3. The minimum Gasteiger partial charge on any atom is -0.467 e. The van der Waals surface area contributed by atoms with Crippen LogP contribution in [0, 0.1) is 10.1 Å². The highest BCUT2D eigenvalue weighted by atomic mass is 32.2. The maximum absolute atomic E-state index is 11.9. The van der Waals surface area contributed by atoms with E-state index < -0.39 is 37.8 Å². The number of rotatable bonds is 6. The Kier molecular flexibility index (Phi) is 5.11. The third kappa shape index (κ3) is 4.07. The zero-order chi connectivity index (χ0) is 16.2. The summed E-state index contributed by atoms with van der Waals surface area (Å²) in [7, 11) is -3.47. The molecular weight excluding hydrogens is 306 g/mol. The molecule has 0 spiro atoms. The predicted molar refractivity (Wildman–Crippen MR) is 67.9 cm³/mol. The first-order valence-electron chi connectivity index (χ1n) is 5.45. The van der Waals surface area contributed by atoms with E-state index in [1.54, 1.807) is 0 Å². The van der Waals surface area contributed by atoms with Crippen molar-refractivity contribution in [3.05, 3.63) is 34.4 Å². The van der Waals surface area contributed by atoms with Gasteiger partial charge in [-0.15, -0.1) is 0 Å². The molecule has 0 radical (unpaired) electrons. The number of ether oxygens (including phenoxy) is 1. The van der Waals surface area contributed by atoms with Crippen LogP contribution in [0.4, 0.5) is 5.69 Å². The van der Waals surface area contributed by atoms with Gasteiger partial charge in [0.2, 0.25) is 6.10 Å². The fraction of sp³-hybridized carbons (Fsp3) is 0.273. The average Bonchev–Trinajstić information content (AvgIpc) is 2.43. The first-order valence-corrected chi connectivity index (χ1v) is 6.86. The van der Waals surface area contributed by atoms with E-state index in [9.17, 15) is 28.1 Å². The van der Waals surface area contributed by atoms with Gasteiger partial charge in [-0.1, -0.05) is 0 Å². The van der Waals surface area contributed by atoms with Crippen LogP contribution >= 0.6 is 0 Å². The number of Topliss-reactive ketones (excluding diaryl/α,β-unsaturated/α-hetero) is 1. The first-order chi connectivity index (χ1) is 9.69. The molecule has 1 aromatic rings. The molecule has 0 saturated heterocycles. The van der Waals surface area contributed by atoms with Crippen molar-refractivity contribution in [3.63, 3.8) is 0 Å². The van der Waals surface area contributed by atoms with Crippen molar-refractivity contribution in [1.29, 1.82) is 0 Å². The average molecular weight is 317 g/mol. The van der Waals surface area contributed by atoms with E-state index in [1.165, 1.54) is 0 Å². The molecule has 10 heteroatoms. The molecule has 0 aromatic heterocycles. The van der Waals surface area contributed by atoms with Crippen LogP contribution in [0.2, 0.25) is 0 Å². The molecule has 0 saturated carbocycles. The number of hydrogen-bond acceptors (Lipinski definition) is 8. The highest BCUT2D eigenvalue weighted by molar-refractivity contribution is 7.86. The topological polar surface area (TPSA) is 130 Å². The largest absolute Gasteiger partial charge is 0.467 e. The smallest absolute Gasteiger partial charge is 0.344 e. The first kappa shape index (κ1) is 16.7. The molecule has 1 atom stereocenters. The number of carbonyl (C=O) groups is 2. The molecule has 0 fully saturated rings. The van der Waals surface area contributed by atoms with E-state index in [0.717, 1.165) is 38.3 Å². The summed E-state index contributed by atoms with van der Waals surface area (Å²) < 4.78 is 32.6. The number of carbonyl (C=O) groups excluding carboxylic acids is 2. The summed E-state index contributed by atoms with van der Waals surface area (Å²) >= 11 is 0. The lowest BCUT2D eigenvalue weighted by Crippen LogP contribution is -2.34. The molecule has 0 bridgehead atoms. The van der Waals surface area contributed by atoms with Gasteiger partial charge in [0, 0.05) is 12.1 Å². The quantitative estimate of drug-likeness (QED) is 0.243. The minimum atomic E-state index is -4.45. The van der Waals surface area contributed by atoms with Gasteiger partial charge in [-0.25, -0.2) is 8.98 Å². The van der Waals surface area contributed by atoms with E-state index in [0.29, 0.717) is 0 Å². The standard InChI is InChI=1S/C11H11NO8S/c1-7(13)10(11(14)19-2)20-21(17,18)9-5-3-8(4-6-9)12(15)16/h3-6,10H,1-2H3. The highest BCUT2D eigenvalue weighted by Gasteiger charge is 2.32. The molecule has 0 amide bonds. The molecule has 9 nitrogen and oxygen atoms in total. The number of nitro benzene ring substituents is 1. The summed E-state index contributed by atoms with van der Waals surface area (Å²) in [5.41, 5.74) is -0.315. The Hall–Kier alpha value is -2.33. The van der Waals surface area contributed by atoms with E-state index in [1.807, 2.05) is 0 Å². The Morgan fingerprint density at radius 1 is 1.24 bits per heavy atom. The second-order valence-corrected chi connectivity index (χ2v) is 5.39. The number of hydrogen-bond donors (Lipinski definition) is 0. The summed E-state index contributed by atoms with van der Waals surface area (Å²) in [5.74, 6) is -2.01. The van der Waals surface area contributed by atoms with Crippen molar-refractivity contribution in [3.8, 4) is 0 Å². The van der Waals surface area contributed by atoms with Crippen LogP contribution in [0.5, 0.6) is 0 Å². The normalized spacial score (nSPS) is 12.5. The second kappa shape index (κ2) is 6.41. The van der Waals surface area contributed by atoms with Gasteiger partial charge in [0.15, 0.2) is 5.78 Å². The van der Waals surface area contributed by atoms with Crippen molar-refractivity contribution in [2.75, 3.05) is 7.11 Å². The molecule has 0 N–H and O–H groups in total. The van der Waals surface area contributed by atoms with Crippen molar-refractivity contribution in [2.45, 2.75) is 17.9 Å². The molecule has 0 aliphatic rings. The molecule has 21 heavy (non-hydrogen) atoms. The van der Waals surface area contributed by atoms with E-state index in [2.05, 4.69) is 8.92 Å². The van der Waals surface area contributed by atoms with Gasteiger partial charge < -0.3 is 4.74 Å². The number of nitro groups is 1. The molecule has 1 unspecified atom stereocenters. The third-order valence-corrected chi connectivity index (χ3v) is 3.64. The molecule has 0 aliphatic heterocycles. The van der Waals surface area contributed by atoms with Crippen molar-refractivity contribution < 1.29 is 31.9 Å². The van der Waals surface area contributed by atoms with Gasteiger partial charge in [-0.3, -0.25) is 14.9 Å². The molecule has 1 aromatic carbocycles. The number of methoxy groups -OCH3 is 1. The van der Waals surface area contributed by atoms with Gasteiger partial charge in [0.1, 0.15) is 0 Å². The molecule has 0 aliphatic carbocycles. The third-order valence-electron chi connectivity index (χ3n) is 2.34. The Morgan fingerprint density at radius 3 is 2.14 bits per heavy atom. The fourth-order valence-corrected chi connectivity index (χ4v) is 2.34. The zero-order valence-electron chi connectivity index (χ0n) is 11.0. The van der Waals surface area contributed by atoms with Crippen LogP contribution in [0.25, 0.3) is 0 Å². The minimum absolute atomic E-state index is 0.315. The lowest BCUT2D eigenvalue weighted by Gasteiger charge is -2.12. The Balaban J connectivity index is 3.07. The van der Waals surface area contributed by atoms with Gasteiger partial charge in [-0.2, -0.15) is 8.42 Å². The van der Waals surface area contributed by atoms with Crippen molar-refractivity contribution in [1.82, 2.24) is 0 Å². The van der Waals surface area contributed by atoms with Crippen molar-refractivity contribution >= 4 is 27.6 Å². The maximum Gasteiger partial charge on any atom is 0.344 e. The maximum atomic E-state index is 11.9. The van der Waals surface area contributed by atoms with E-state index in [4.69, 9.17) is 0 Å². The molecule has 114 valence electrons. The van der Waals surface area contributed by atoms with Gasteiger partial charge in [0.05, 0.1) is 16.9 Å². The second-order valence-electron chi connectivity index (χ2n) is 3.82. The summed E-state index contributed by atoms with van der Waals surface area (Å²) in [6, 6.07) is 3.78. The zero-order valence-corrected chi connectivity index (χ0v) is 11.8. The van der Waals surface area contributed by atoms with Crippen LogP contribution in [-0.4, -0.2) is 38.3 Å². The summed E-state index contributed by atoms with van der Waals surface area (Å²) in [4.78, 5) is 31.8. The summed E-state index contributed by atoms with van der Waals surface area (Å²) in [6.07, 6.45) is -1.92. The number of ketones is 1. The van der Waals surface area contributed by atoms with Gasteiger partial charge >= 0.3 is 5.97 Å². The summed E-state index contributed by atoms with van der Waals surface area (Å²) in [5, 5.41) is 10.5. The van der Waals surface area contributed by atoms with E-state index in [-0.39, 0.29) is 5.69 Å². The van der Waals surface area contributed by atoms with Gasteiger partial charge in [-0.05, 0) is 19.1 Å². The van der Waals surface area contributed by atoms with E-state index >= 15 is 0 Å². The number of benzene rings is 1. The molecule has 0 heterocycles. The lowest BCUT2D eigenvalue weighted by molar-refractivity contribution is -0.384. The number of esters is 1. The van der Waals surface area contributed by atoms with Crippen LogP contribution < -0.4 is 0 Å². The number of non-ortho nitro benzene ring substituents is 1. The Labute approximate surface area is 119 Å². The van der Waals surface area contributed by atoms with Gasteiger partial charge in [0.25, 0.3) is 15.8 Å². The highest BCUT2D eigenvalue weighted by Crippen LogP contribution is 2.19. The SMILES string of the molecule is COC(=O)C(OS(=O)(=O)c1ccc([N+](=O)[O-])cc1)C(C)=O. The number of nitrogens with zero attached hydrogens (tertiary/aromatic N) is 1. The predicted octanol–water partition coefficient (Wildman–Crippen LogP) is 0.431. The van der Waals surface area contributed by atoms with Crippen LogP contribution in [0.15, 0.2) is 29.2 Å². The van der Waals surface area contributed by atoms with Crippen LogP contribution in [0.3, 0.4) is 0 Å². The summed E-state index contributed by atoms with van der Waals surface area (Å²) in [6.45, 7) is 0.965. The molecular formula is C11H11NO8S. The monoisotopic (exact) mass is 317 g/mol.